The molecule has 0 saturated heterocycles. The second kappa shape index (κ2) is 9.26. The van der Waals surface area contributed by atoms with Crippen LogP contribution in [0.5, 0.6) is 5.75 Å². The molecule has 0 radical (unpaired) electrons. The summed E-state index contributed by atoms with van der Waals surface area (Å²) in [5, 5.41) is 3.26. The van der Waals surface area contributed by atoms with E-state index in [9.17, 15) is 8.78 Å². The van der Waals surface area contributed by atoms with Gasteiger partial charge in [-0.15, -0.1) is 0 Å². The van der Waals surface area contributed by atoms with Crippen LogP contribution in [0, 0.1) is 0 Å². The lowest BCUT2D eigenvalue weighted by Crippen LogP contribution is -2.16. The highest BCUT2D eigenvalue weighted by molar-refractivity contribution is 9.10. The Morgan fingerprint density at radius 1 is 1.26 bits per heavy atom. The fourth-order valence-corrected chi connectivity index (χ4v) is 2.21. The van der Waals surface area contributed by atoms with Crippen molar-refractivity contribution < 1.29 is 13.5 Å². The Labute approximate surface area is 121 Å². The van der Waals surface area contributed by atoms with Gasteiger partial charge in [0.2, 0.25) is 0 Å². The van der Waals surface area contributed by atoms with Crippen LogP contribution >= 0.6 is 15.9 Å². The number of alkyl halides is 2. The molecule has 1 rings (SSSR count). The fraction of sp³-hybridized carbons (Fsp3) is 0.571. The lowest BCUT2D eigenvalue weighted by Gasteiger charge is -2.12. The third kappa shape index (κ3) is 6.87. The average molecular weight is 336 g/mol. The summed E-state index contributed by atoms with van der Waals surface area (Å²) >= 11 is 3.33. The SMILES string of the molecule is CCCCCCNCc1cc(Br)ccc1OC(F)F. The smallest absolute Gasteiger partial charge is 0.387 e. The quantitative estimate of drug-likeness (QED) is 0.659. The van der Waals surface area contributed by atoms with Crippen molar-refractivity contribution in [1.82, 2.24) is 5.32 Å². The van der Waals surface area contributed by atoms with Gasteiger partial charge in [0.25, 0.3) is 0 Å². The molecule has 1 aromatic carbocycles. The van der Waals surface area contributed by atoms with Crippen LogP contribution in [0.3, 0.4) is 0 Å². The average Bonchev–Trinajstić information content (AvgIpc) is 2.36. The number of hydrogen-bond acceptors (Lipinski definition) is 2. The summed E-state index contributed by atoms with van der Waals surface area (Å²) in [4.78, 5) is 0. The van der Waals surface area contributed by atoms with Gasteiger partial charge in [-0.1, -0.05) is 42.1 Å². The standard InChI is InChI=1S/C14H20BrF2NO/c1-2-3-4-5-8-18-10-11-9-12(15)6-7-13(11)19-14(16)17/h6-7,9,14,18H,2-5,8,10H2,1H3. The summed E-state index contributed by atoms with van der Waals surface area (Å²) in [6, 6.07) is 5.06. The van der Waals surface area contributed by atoms with E-state index in [-0.39, 0.29) is 5.75 Å². The lowest BCUT2D eigenvalue weighted by molar-refractivity contribution is -0.0505. The van der Waals surface area contributed by atoms with E-state index in [1.54, 1.807) is 18.2 Å². The van der Waals surface area contributed by atoms with Crippen molar-refractivity contribution in [3.63, 3.8) is 0 Å². The number of benzene rings is 1. The van der Waals surface area contributed by atoms with Crippen LogP contribution in [0.25, 0.3) is 0 Å². The van der Waals surface area contributed by atoms with Crippen LogP contribution in [0.15, 0.2) is 22.7 Å². The maximum atomic E-state index is 12.3. The van der Waals surface area contributed by atoms with Crippen molar-refractivity contribution in [2.24, 2.45) is 0 Å². The Morgan fingerprint density at radius 3 is 2.74 bits per heavy atom. The zero-order valence-corrected chi connectivity index (χ0v) is 12.7. The van der Waals surface area contributed by atoms with Crippen molar-refractivity contribution >= 4 is 15.9 Å². The summed E-state index contributed by atoms with van der Waals surface area (Å²) in [6.07, 6.45) is 4.74. The Hall–Kier alpha value is -0.680. The summed E-state index contributed by atoms with van der Waals surface area (Å²) in [5.74, 6) is 0.235. The minimum Gasteiger partial charge on any atom is -0.434 e. The molecular weight excluding hydrogens is 316 g/mol. The summed E-state index contributed by atoms with van der Waals surface area (Å²) in [7, 11) is 0. The van der Waals surface area contributed by atoms with Crippen LogP contribution in [0.4, 0.5) is 8.78 Å². The van der Waals surface area contributed by atoms with Gasteiger partial charge >= 0.3 is 6.61 Å². The number of unbranched alkanes of at least 4 members (excludes halogenated alkanes) is 3. The number of ether oxygens (including phenoxy) is 1. The number of nitrogens with one attached hydrogen (secondary N) is 1. The van der Waals surface area contributed by atoms with Gasteiger partial charge in [-0.3, -0.25) is 0 Å². The van der Waals surface area contributed by atoms with Crippen LogP contribution in [-0.4, -0.2) is 13.2 Å². The maximum Gasteiger partial charge on any atom is 0.387 e. The first-order chi connectivity index (χ1) is 9.13. The fourth-order valence-electron chi connectivity index (χ4n) is 1.80. The monoisotopic (exact) mass is 335 g/mol. The van der Waals surface area contributed by atoms with E-state index in [0.29, 0.717) is 6.54 Å². The summed E-state index contributed by atoms with van der Waals surface area (Å²) < 4.78 is 29.9. The van der Waals surface area contributed by atoms with Gasteiger partial charge in [0.05, 0.1) is 0 Å². The van der Waals surface area contributed by atoms with E-state index in [1.165, 1.54) is 19.3 Å². The van der Waals surface area contributed by atoms with E-state index in [4.69, 9.17) is 0 Å². The van der Waals surface area contributed by atoms with Gasteiger partial charge in [-0.25, -0.2) is 0 Å². The van der Waals surface area contributed by atoms with Gasteiger partial charge < -0.3 is 10.1 Å². The Bertz CT molecular complexity index is 374. The molecule has 0 unspecified atom stereocenters. The molecule has 0 saturated carbocycles. The number of rotatable bonds is 9. The maximum absolute atomic E-state index is 12.3. The van der Waals surface area contributed by atoms with Crippen LogP contribution in [0.2, 0.25) is 0 Å². The van der Waals surface area contributed by atoms with Crippen molar-refractivity contribution in [1.29, 1.82) is 0 Å². The molecule has 0 bridgehead atoms. The van der Waals surface area contributed by atoms with Gasteiger partial charge in [0.15, 0.2) is 0 Å². The normalized spacial score (nSPS) is 11.0. The molecule has 19 heavy (non-hydrogen) atoms. The predicted molar refractivity (Wildman–Crippen MR) is 76.6 cm³/mol. The minimum absolute atomic E-state index is 0.235. The third-order valence-corrected chi connectivity index (χ3v) is 3.25. The second-order valence-corrected chi connectivity index (χ2v) is 5.28. The molecule has 0 heterocycles. The molecule has 1 N–H and O–H groups in total. The lowest BCUT2D eigenvalue weighted by atomic mass is 10.2. The third-order valence-electron chi connectivity index (χ3n) is 2.76. The number of halogens is 3. The van der Waals surface area contributed by atoms with E-state index in [2.05, 4.69) is 32.9 Å². The predicted octanol–water partition coefficient (Wildman–Crippen LogP) is 4.72. The van der Waals surface area contributed by atoms with E-state index in [1.807, 2.05) is 0 Å². The molecule has 0 fully saturated rings. The molecule has 0 spiro atoms. The Balaban J connectivity index is 2.44. The number of hydrogen-bond donors (Lipinski definition) is 1. The van der Waals surface area contributed by atoms with Crippen molar-refractivity contribution in [2.45, 2.75) is 45.8 Å². The van der Waals surface area contributed by atoms with Gasteiger partial charge in [0, 0.05) is 16.6 Å². The van der Waals surface area contributed by atoms with Crippen molar-refractivity contribution in [2.75, 3.05) is 6.54 Å². The largest absolute Gasteiger partial charge is 0.434 e. The van der Waals surface area contributed by atoms with Gasteiger partial charge in [-0.05, 0) is 31.2 Å². The van der Waals surface area contributed by atoms with E-state index in [0.717, 1.165) is 23.0 Å². The van der Waals surface area contributed by atoms with Crippen LogP contribution in [0.1, 0.15) is 38.2 Å². The van der Waals surface area contributed by atoms with Crippen molar-refractivity contribution in [3.8, 4) is 5.75 Å². The zero-order chi connectivity index (χ0) is 14.1. The highest BCUT2D eigenvalue weighted by Gasteiger charge is 2.09. The molecular formula is C14H20BrF2NO. The molecule has 0 atom stereocenters. The second-order valence-electron chi connectivity index (χ2n) is 4.37. The molecule has 0 aliphatic rings. The minimum atomic E-state index is -2.79. The zero-order valence-electron chi connectivity index (χ0n) is 11.1. The van der Waals surface area contributed by atoms with Gasteiger partial charge in [0.1, 0.15) is 5.75 Å². The molecule has 5 heteroatoms. The first-order valence-electron chi connectivity index (χ1n) is 6.57. The molecule has 0 amide bonds. The first-order valence-corrected chi connectivity index (χ1v) is 7.36. The molecule has 1 aromatic rings. The van der Waals surface area contributed by atoms with E-state index >= 15 is 0 Å². The Kier molecular flexibility index (Phi) is 7.98. The van der Waals surface area contributed by atoms with Gasteiger partial charge in [-0.2, -0.15) is 8.78 Å². The summed E-state index contributed by atoms with van der Waals surface area (Å²) in [5.41, 5.74) is 0.741. The van der Waals surface area contributed by atoms with Crippen LogP contribution in [-0.2, 0) is 6.54 Å². The highest BCUT2D eigenvalue weighted by Crippen LogP contribution is 2.24. The Morgan fingerprint density at radius 2 is 2.05 bits per heavy atom. The molecule has 108 valence electrons. The van der Waals surface area contributed by atoms with Crippen LogP contribution < -0.4 is 10.1 Å². The molecule has 2 nitrogen and oxygen atoms in total. The highest BCUT2D eigenvalue weighted by atomic mass is 79.9. The summed E-state index contributed by atoms with van der Waals surface area (Å²) in [6.45, 7) is 0.807. The first kappa shape index (κ1) is 16.4. The molecule has 0 aromatic heterocycles. The topological polar surface area (TPSA) is 21.3 Å². The van der Waals surface area contributed by atoms with Crippen molar-refractivity contribution in [3.05, 3.63) is 28.2 Å². The molecule has 0 aliphatic carbocycles. The molecule has 0 aliphatic heterocycles. The van der Waals surface area contributed by atoms with E-state index < -0.39 is 6.61 Å².